The van der Waals surface area contributed by atoms with Gasteiger partial charge in [-0.1, -0.05) is 22.0 Å². The minimum absolute atomic E-state index is 0.153. The fourth-order valence-corrected chi connectivity index (χ4v) is 3.98. The summed E-state index contributed by atoms with van der Waals surface area (Å²) in [6.07, 6.45) is 1.09. The Morgan fingerprint density at radius 3 is 2.30 bits per heavy atom. The van der Waals surface area contributed by atoms with E-state index < -0.39 is 15.9 Å². The van der Waals surface area contributed by atoms with Crippen LogP contribution in [0.3, 0.4) is 0 Å². The van der Waals surface area contributed by atoms with Crippen LogP contribution in [-0.2, 0) is 10.0 Å². The molecule has 1 N–H and O–H groups in total. The molecule has 0 aromatic heterocycles. The van der Waals surface area contributed by atoms with Crippen LogP contribution in [0.5, 0.6) is 11.5 Å². The first-order valence-corrected chi connectivity index (χ1v) is 10.7. The number of carbonyl (C=O) groups is 1. The summed E-state index contributed by atoms with van der Waals surface area (Å²) >= 11 is 3.35. The molecular weight excluding hydrogens is 436 g/mol. The fraction of sp³-hybridized carbons (Fsp3) is 0.278. The highest BCUT2D eigenvalue weighted by Gasteiger charge is 2.25. The molecule has 0 heterocycles. The van der Waals surface area contributed by atoms with Crippen LogP contribution in [-0.4, -0.2) is 41.3 Å². The van der Waals surface area contributed by atoms with Gasteiger partial charge in [0, 0.05) is 22.8 Å². The number of sulfonamides is 1. The highest BCUT2D eigenvalue weighted by molar-refractivity contribution is 9.10. The Morgan fingerprint density at radius 1 is 1.15 bits per heavy atom. The molecule has 9 heteroatoms. The molecule has 2 aromatic carbocycles. The number of anilines is 2. The average Bonchev–Trinajstić information content (AvgIpc) is 2.60. The van der Waals surface area contributed by atoms with Crippen molar-refractivity contribution in [3.63, 3.8) is 0 Å². The summed E-state index contributed by atoms with van der Waals surface area (Å²) in [4.78, 5) is 12.9. The van der Waals surface area contributed by atoms with E-state index in [4.69, 9.17) is 9.47 Å². The minimum atomic E-state index is -3.60. The van der Waals surface area contributed by atoms with E-state index in [1.165, 1.54) is 26.4 Å². The van der Waals surface area contributed by atoms with Crippen molar-refractivity contribution in [2.75, 3.05) is 36.6 Å². The summed E-state index contributed by atoms with van der Waals surface area (Å²) < 4.78 is 36.9. The topological polar surface area (TPSA) is 84.9 Å². The number of carbonyl (C=O) groups excluding carboxylic acids is 1. The first-order chi connectivity index (χ1) is 12.7. The zero-order valence-corrected chi connectivity index (χ0v) is 17.8. The van der Waals surface area contributed by atoms with Gasteiger partial charge in [0.25, 0.3) is 5.91 Å². The number of methoxy groups -OCH3 is 2. The van der Waals surface area contributed by atoms with E-state index in [2.05, 4.69) is 21.2 Å². The molecule has 2 rings (SSSR count). The molecule has 0 fully saturated rings. The third kappa shape index (κ3) is 4.92. The number of rotatable bonds is 7. The molecule has 2 aromatic rings. The molecule has 0 atom stereocenters. The van der Waals surface area contributed by atoms with E-state index in [0.717, 1.165) is 15.0 Å². The SMILES string of the molecule is CCN(c1cc(OC)c(OC)cc1C(=O)Nc1cccc(Br)c1)S(C)(=O)=O. The van der Waals surface area contributed by atoms with Crippen LogP contribution in [0.25, 0.3) is 0 Å². The largest absolute Gasteiger partial charge is 0.493 e. The van der Waals surface area contributed by atoms with Crippen molar-refractivity contribution in [3.8, 4) is 11.5 Å². The van der Waals surface area contributed by atoms with E-state index in [0.29, 0.717) is 17.2 Å². The third-order valence-electron chi connectivity index (χ3n) is 3.79. The normalized spacial score (nSPS) is 11.0. The van der Waals surface area contributed by atoms with Crippen molar-refractivity contribution in [2.24, 2.45) is 0 Å². The second-order valence-electron chi connectivity index (χ2n) is 5.62. The van der Waals surface area contributed by atoms with Crippen molar-refractivity contribution in [3.05, 3.63) is 46.4 Å². The van der Waals surface area contributed by atoms with Crippen LogP contribution in [0.1, 0.15) is 17.3 Å². The smallest absolute Gasteiger partial charge is 0.257 e. The van der Waals surface area contributed by atoms with Crippen molar-refractivity contribution in [1.29, 1.82) is 0 Å². The molecule has 0 aliphatic carbocycles. The van der Waals surface area contributed by atoms with Gasteiger partial charge < -0.3 is 14.8 Å². The van der Waals surface area contributed by atoms with Crippen LogP contribution in [0, 0.1) is 0 Å². The van der Waals surface area contributed by atoms with Gasteiger partial charge in [0.15, 0.2) is 11.5 Å². The summed E-state index contributed by atoms with van der Waals surface area (Å²) in [5.74, 6) is 0.185. The zero-order valence-electron chi connectivity index (χ0n) is 15.4. The molecule has 0 saturated heterocycles. The maximum atomic E-state index is 12.9. The molecule has 0 aliphatic rings. The number of amides is 1. The van der Waals surface area contributed by atoms with Crippen molar-refractivity contribution >= 4 is 43.2 Å². The molecule has 0 bridgehead atoms. The van der Waals surface area contributed by atoms with Crippen molar-refractivity contribution in [2.45, 2.75) is 6.92 Å². The van der Waals surface area contributed by atoms with Crippen LogP contribution in [0.2, 0.25) is 0 Å². The lowest BCUT2D eigenvalue weighted by Crippen LogP contribution is -2.31. The highest BCUT2D eigenvalue weighted by atomic mass is 79.9. The van der Waals surface area contributed by atoms with Gasteiger partial charge in [0.1, 0.15) is 0 Å². The van der Waals surface area contributed by atoms with Gasteiger partial charge in [-0.15, -0.1) is 0 Å². The second kappa shape index (κ2) is 8.62. The highest BCUT2D eigenvalue weighted by Crippen LogP contribution is 2.36. The van der Waals surface area contributed by atoms with E-state index in [1.54, 1.807) is 25.1 Å². The zero-order chi connectivity index (χ0) is 20.2. The van der Waals surface area contributed by atoms with Crippen molar-refractivity contribution in [1.82, 2.24) is 0 Å². The number of ether oxygens (including phenoxy) is 2. The number of hydrogen-bond donors (Lipinski definition) is 1. The lowest BCUT2D eigenvalue weighted by Gasteiger charge is -2.24. The lowest BCUT2D eigenvalue weighted by molar-refractivity contribution is 0.102. The fourth-order valence-electron chi connectivity index (χ4n) is 2.60. The number of hydrogen-bond acceptors (Lipinski definition) is 5. The van der Waals surface area contributed by atoms with Gasteiger partial charge in [0.2, 0.25) is 10.0 Å². The predicted octanol–water partition coefficient (Wildman–Crippen LogP) is 3.50. The van der Waals surface area contributed by atoms with Gasteiger partial charge in [-0.2, -0.15) is 0 Å². The molecule has 1 amide bonds. The Kier molecular flexibility index (Phi) is 6.72. The lowest BCUT2D eigenvalue weighted by atomic mass is 10.1. The Balaban J connectivity index is 2.59. The van der Waals surface area contributed by atoms with Crippen LogP contribution < -0.4 is 19.1 Å². The van der Waals surface area contributed by atoms with E-state index >= 15 is 0 Å². The number of nitrogens with zero attached hydrogens (tertiary/aromatic N) is 1. The maximum absolute atomic E-state index is 12.9. The van der Waals surface area contributed by atoms with Crippen LogP contribution in [0.4, 0.5) is 11.4 Å². The molecule has 27 heavy (non-hydrogen) atoms. The van der Waals surface area contributed by atoms with Gasteiger partial charge >= 0.3 is 0 Å². The molecule has 7 nitrogen and oxygen atoms in total. The number of benzene rings is 2. The summed E-state index contributed by atoms with van der Waals surface area (Å²) in [5, 5.41) is 2.77. The average molecular weight is 457 g/mol. The Morgan fingerprint density at radius 2 is 1.78 bits per heavy atom. The molecular formula is C18H21BrN2O5S. The van der Waals surface area contributed by atoms with Gasteiger partial charge in [-0.3, -0.25) is 9.10 Å². The van der Waals surface area contributed by atoms with E-state index in [9.17, 15) is 13.2 Å². The summed E-state index contributed by atoms with van der Waals surface area (Å²) in [7, 11) is -0.709. The van der Waals surface area contributed by atoms with Crippen LogP contribution in [0.15, 0.2) is 40.9 Å². The summed E-state index contributed by atoms with van der Waals surface area (Å²) in [5.41, 5.74) is 0.933. The van der Waals surface area contributed by atoms with Crippen molar-refractivity contribution < 1.29 is 22.7 Å². The first-order valence-electron chi connectivity index (χ1n) is 8.02. The Bertz CT molecular complexity index is 947. The number of nitrogens with one attached hydrogen (secondary N) is 1. The predicted molar refractivity (Wildman–Crippen MR) is 110 cm³/mol. The third-order valence-corrected chi connectivity index (χ3v) is 5.53. The first kappa shape index (κ1) is 21.0. The molecule has 0 radical (unpaired) electrons. The number of halogens is 1. The maximum Gasteiger partial charge on any atom is 0.257 e. The standard InChI is InChI=1S/C18H21BrN2O5S/c1-5-21(27(4,23)24)15-11-17(26-3)16(25-2)10-14(15)18(22)20-13-8-6-7-12(19)9-13/h6-11H,5H2,1-4H3,(H,20,22). The Hall–Kier alpha value is -2.26. The molecule has 0 spiro atoms. The van der Waals surface area contributed by atoms with Gasteiger partial charge in [-0.05, 0) is 31.2 Å². The summed E-state index contributed by atoms with van der Waals surface area (Å²) in [6, 6.07) is 10.0. The van der Waals surface area contributed by atoms with E-state index in [-0.39, 0.29) is 17.8 Å². The monoisotopic (exact) mass is 456 g/mol. The molecule has 146 valence electrons. The molecule has 0 aliphatic heterocycles. The van der Waals surface area contributed by atoms with Crippen LogP contribution >= 0.6 is 15.9 Å². The summed E-state index contributed by atoms with van der Waals surface area (Å²) in [6.45, 7) is 1.85. The minimum Gasteiger partial charge on any atom is -0.493 e. The quantitative estimate of drug-likeness (QED) is 0.688. The Labute approximate surface area is 167 Å². The van der Waals surface area contributed by atoms with Gasteiger partial charge in [-0.25, -0.2) is 8.42 Å². The second-order valence-corrected chi connectivity index (χ2v) is 8.44. The molecule has 0 saturated carbocycles. The molecule has 0 unspecified atom stereocenters. The van der Waals surface area contributed by atoms with Gasteiger partial charge in [0.05, 0.1) is 31.7 Å². The van der Waals surface area contributed by atoms with E-state index in [1.807, 2.05) is 6.07 Å².